The fraction of sp³-hybridized carbons (Fsp3) is 0.375. The zero-order valence-electron chi connectivity index (χ0n) is 12.6. The second kappa shape index (κ2) is 7.59. The number of halogens is 1. The predicted octanol–water partition coefficient (Wildman–Crippen LogP) is 1.21. The summed E-state index contributed by atoms with van der Waals surface area (Å²) in [5.41, 5.74) is 8.46. The van der Waals surface area contributed by atoms with Gasteiger partial charge in [-0.25, -0.2) is 0 Å². The van der Waals surface area contributed by atoms with E-state index in [-0.39, 0.29) is 30.3 Å². The van der Waals surface area contributed by atoms with E-state index in [1.54, 1.807) is 0 Å². The summed E-state index contributed by atoms with van der Waals surface area (Å²) in [6, 6.07) is 11.5. The summed E-state index contributed by atoms with van der Waals surface area (Å²) in [7, 11) is 0. The fourth-order valence-electron chi connectivity index (χ4n) is 2.80. The molecule has 0 radical (unpaired) electrons. The van der Waals surface area contributed by atoms with Crippen LogP contribution in [0.15, 0.2) is 36.4 Å². The van der Waals surface area contributed by atoms with Gasteiger partial charge in [0.15, 0.2) is 0 Å². The number of hydrogen-bond acceptors (Lipinski definition) is 4. The zero-order valence-corrected chi connectivity index (χ0v) is 13.4. The number of H-pyrrole nitrogens is 1. The van der Waals surface area contributed by atoms with Crippen molar-refractivity contribution < 1.29 is 9.90 Å². The summed E-state index contributed by atoms with van der Waals surface area (Å²) in [5, 5.41) is 19.7. The van der Waals surface area contributed by atoms with E-state index in [9.17, 15) is 9.90 Å². The summed E-state index contributed by atoms with van der Waals surface area (Å²) in [6.45, 7) is 0.389. The Kier molecular flexibility index (Phi) is 5.76. The van der Waals surface area contributed by atoms with Gasteiger partial charge in [0.1, 0.15) is 0 Å². The molecular weight excluding hydrogens is 316 g/mol. The summed E-state index contributed by atoms with van der Waals surface area (Å²) in [4.78, 5) is 12.1. The van der Waals surface area contributed by atoms with Crippen molar-refractivity contribution in [2.24, 2.45) is 11.7 Å². The van der Waals surface area contributed by atoms with Crippen molar-refractivity contribution in [2.75, 3.05) is 0 Å². The average molecular weight is 337 g/mol. The molecule has 124 valence electrons. The quantitative estimate of drug-likeness (QED) is 0.673. The maximum Gasteiger partial charge on any atom is 0.223 e. The average Bonchev–Trinajstić information content (AvgIpc) is 3.13. The third-order valence-electron chi connectivity index (χ3n) is 4.10. The molecule has 0 aliphatic heterocycles. The highest BCUT2D eigenvalue weighted by Gasteiger charge is 2.34. The molecule has 1 aromatic heterocycles. The smallest absolute Gasteiger partial charge is 0.223 e. The first-order valence-corrected chi connectivity index (χ1v) is 7.44. The molecule has 1 aromatic carbocycles. The van der Waals surface area contributed by atoms with Crippen molar-refractivity contribution in [3.63, 3.8) is 0 Å². The van der Waals surface area contributed by atoms with E-state index in [2.05, 4.69) is 15.5 Å². The number of carbonyl (C=O) groups is 1. The standard InChI is InChI=1S/C16H20N4O2.ClH/c17-13-6-11(7-15(13)21)16(22)18-9-12-8-14(20-19-12)10-4-2-1-3-5-10;/h1-5,8,11,13,15,21H,6-7,9,17H2,(H,18,22)(H,19,20);1H/t11-,13+,15+;/m0./s1. The molecule has 1 amide bonds. The van der Waals surface area contributed by atoms with Crippen molar-refractivity contribution in [3.05, 3.63) is 42.1 Å². The molecule has 5 N–H and O–H groups in total. The van der Waals surface area contributed by atoms with E-state index in [1.807, 2.05) is 36.4 Å². The van der Waals surface area contributed by atoms with Gasteiger partial charge in [0, 0.05) is 17.5 Å². The Labute approximate surface area is 140 Å². The Morgan fingerprint density at radius 3 is 2.74 bits per heavy atom. The third-order valence-corrected chi connectivity index (χ3v) is 4.10. The van der Waals surface area contributed by atoms with E-state index >= 15 is 0 Å². The van der Waals surface area contributed by atoms with Crippen LogP contribution in [0.2, 0.25) is 0 Å². The topological polar surface area (TPSA) is 104 Å². The first kappa shape index (κ1) is 17.5. The number of carbonyl (C=O) groups excluding carboxylic acids is 1. The van der Waals surface area contributed by atoms with Crippen molar-refractivity contribution in [1.82, 2.24) is 15.5 Å². The minimum absolute atomic E-state index is 0. The van der Waals surface area contributed by atoms with E-state index in [4.69, 9.17) is 5.73 Å². The highest BCUT2D eigenvalue weighted by molar-refractivity contribution is 5.85. The van der Waals surface area contributed by atoms with Gasteiger partial charge in [-0.15, -0.1) is 12.4 Å². The molecule has 1 aliphatic rings. The van der Waals surface area contributed by atoms with Gasteiger partial charge in [0.2, 0.25) is 5.91 Å². The Hall–Kier alpha value is -1.89. The van der Waals surface area contributed by atoms with E-state index in [1.165, 1.54) is 0 Å². The predicted molar refractivity (Wildman–Crippen MR) is 89.8 cm³/mol. The Morgan fingerprint density at radius 2 is 2.09 bits per heavy atom. The second-order valence-corrected chi connectivity index (χ2v) is 5.76. The van der Waals surface area contributed by atoms with Gasteiger partial charge in [0.05, 0.1) is 24.0 Å². The molecule has 0 bridgehead atoms. The summed E-state index contributed by atoms with van der Waals surface area (Å²) >= 11 is 0. The Bertz CT molecular complexity index is 637. The van der Waals surface area contributed by atoms with Crippen LogP contribution in [0.1, 0.15) is 18.5 Å². The van der Waals surface area contributed by atoms with E-state index < -0.39 is 6.10 Å². The van der Waals surface area contributed by atoms with Crippen LogP contribution in [0.3, 0.4) is 0 Å². The van der Waals surface area contributed by atoms with E-state index in [0.717, 1.165) is 17.0 Å². The largest absolute Gasteiger partial charge is 0.391 e. The van der Waals surface area contributed by atoms with Gasteiger partial charge in [-0.3, -0.25) is 9.89 Å². The van der Waals surface area contributed by atoms with Crippen LogP contribution >= 0.6 is 12.4 Å². The molecule has 0 unspecified atom stereocenters. The van der Waals surface area contributed by atoms with Crippen molar-refractivity contribution in [1.29, 1.82) is 0 Å². The molecule has 7 heteroatoms. The van der Waals surface area contributed by atoms with Crippen LogP contribution in [0.4, 0.5) is 0 Å². The Morgan fingerprint density at radius 1 is 1.35 bits per heavy atom. The lowest BCUT2D eigenvalue weighted by Crippen LogP contribution is -2.30. The van der Waals surface area contributed by atoms with Crippen molar-refractivity contribution in [3.8, 4) is 11.3 Å². The van der Waals surface area contributed by atoms with Gasteiger partial charge in [-0.05, 0) is 18.9 Å². The number of aliphatic hydroxyl groups excluding tert-OH is 1. The number of nitrogens with zero attached hydrogens (tertiary/aromatic N) is 1. The minimum Gasteiger partial charge on any atom is -0.391 e. The normalized spacial score (nSPS) is 23.3. The highest BCUT2D eigenvalue weighted by atomic mass is 35.5. The van der Waals surface area contributed by atoms with Crippen LogP contribution in [-0.2, 0) is 11.3 Å². The molecule has 23 heavy (non-hydrogen) atoms. The van der Waals surface area contributed by atoms with Gasteiger partial charge in [-0.2, -0.15) is 5.10 Å². The number of aliphatic hydroxyl groups is 1. The number of hydrogen-bond donors (Lipinski definition) is 4. The molecule has 0 spiro atoms. The molecule has 1 fully saturated rings. The minimum atomic E-state index is -0.576. The lowest BCUT2D eigenvalue weighted by atomic mass is 10.1. The van der Waals surface area contributed by atoms with E-state index in [0.29, 0.717) is 19.4 Å². The van der Waals surface area contributed by atoms with Crippen LogP contribution in [0.25, 0.3) is 11.3 Å². The summed E-state index contributed by atoms with van der Waals surface area (Å²) in [5.74, 6) is -0.274. The number of aromatic amines is 1. The first-order chi connectivity index (χ1) is 10.6. The van der Waals surface area contributed by atoms with Gasteiger partial charge >= 0.3 is 0 Å². The lowest BCUT2D eigenvalue weighted by Gasteiger charge is -2.09. The SMILES string of the molecule is Cl.N[C@@H]1C[C@H](C(=O)NCc2cc(-c3ccccc3)n[nH]2)C[C@H]1O. The number of aromatic nitrogens is 2. The van der Waals surface area contributed by atoms with Crippen molar-refractivity contribution >= 4 is 18.3 Å². The zero-order chi connectivity index (χ0) is 15.5. The molecule has 6 nitrogen and oxygen atoms in total. The lowest BCUT2D eigenvalue weighted by molar-refractivity contribution is -0.125. The van der Waals surface area contributed by atoms with Gasteiger partial charge < -0.3 is 16.2 Å². The van der Waals surface area contributed by atoms with Crippen LogP contribution < -0.4 is 11.1 Å². The molecular formula is C16H21ClN4O2. The summed E-state index contributed by atoms with van der Waals surface area (Å²) < 4.78 is 0. The third kappa shape index (κ3) is 4.10. The maximum atomic E-state index is 12.1. The molecule has 1 aliphatic carbocycles. The van der Waals surface area contributed by atoms with Crippen LogP contribution in [0.5, 0.6) is 0 Å². The van der Waals surface area contributed by atoms with Gasteiger partial charge in [0.25, 0.3) is 0 Å². The highest BCUT2D eigenvalue weighted by Crippen LogP contribution is 2.25. The number of benzene rings is 1. The van der Waals surface area contributed by atoms with Crippen LogP contribution in [0, 0.1) is 5.92 Å². The Balaban J connectivity index is 0.00000192. The molecule has 1 heterocycles. The molecule has 3 rings (SSSR count). The number of amides is 1. The molecule has 0 saturated heterocycles. The number of rotatable bonds is 4. The summed E-state index contributed by atoms with van der Waals surface area (Å²) in [6.07, 6.45) is 0.392. The maximum absolute atomic E-state index is 12.1. The fourth-order valence-corrected chi connectivity index (χ4v) is 2.80. The number of nitrogens with two attached hydrogens (primary N) is 1. The number of nitrogens with one attached hydrogen (secondary N) is 2. The monoisotopic (exact) mass is 336 g/mol. The van der Waals surface area contributed by atoms with Gasteiger partial charge in [-0.1, -0.05) is 30.3 Å². The molecule has 1 saturated carbocycles. The first-order valence-electron chi connectivity index (χ1n) is 7.44. The molecule has 3 atom stereocenters. The van der Waals surface area contributed by atoms with Crippen molar-refractivity contribution in [2.45, 2.75) is 31.5 Å². The second-order valence-electron chi connectivity index (χ2n) is 5.76. The van der Waals surface area contributed by atoms with Crippen LogP contribution in [-0.4, -0.2) is 33.4 Å². The molecule has 2 aromatic rings.